The predicted molar refractivity (Wildman–Crippen MR) is 69.4 cm³/mol. The molecule has 0 amide bonds. The minimum absolute atomic E-state index is 0.0978. The van der Waals surface area contributed by atoms with Gasteiger partial charge in [0.2, 0.25) is 0 Å². The molecule has 0 aliphatic rings. The van der Waals surface area contributed by atoms with Gasteiger partial charge in [-0.1, -0.05) is 11.6 Å². The molecule has 1 aromatic carbocycles. The molecule has 0 fully saturated rings. The fraction of sp³-hybridized carbons (Fsp3) is 0.154. The largest absolute Gasteiger partial charge is 0.506 e. The van der Waals surface area contributed by atoms with Gasteiger partial charge in [-0.15, -0.1) is 0 Å². The van der Waals surface area contributed by atoms with E-state index in [2.05, 4.69) is 10.3 Å². The van der Waals surface area contributed by atoms with Crippen LogP contribution in [0, 0.1) is 12.7 Å². The number of hydrogen-bond donors (Lipinski definition) is 2. The number of rotatable bonds is 3. The third-order valence-electron chi connectivity index (χ3n) is 2.46. The Bertz CT molecular complexity index is 523. The molecule has 5 heteroatoms. The van der Waals surface area contributed by atoms with E-state index in [1.807, 2.05) is 6.92 Å². The number of aryl methyl sites for hydroxylation is 1. The molecule has 0 aliphatic heterocycles. The van der Waals surface area contributed by atoms with Gasteiger partial charge in [-0.05, 0) is 37.3 Å². The fourth-order valence-corrected chi connectivity index (χ4v) is 1.73. The summed E-state index contributed by atoms with van der Waals surface area (Å²) >= 11 is 5.92. The lowest BCUT2D eigenvalue weighted by Crippen LogP contribution is -2.03. The lowest BCUT2D eigenvalue weighted by Gasteiger charge is -2.09. The van der Waals surface area contributed by atoms with E-state index in [9.17, 15) is 9.50 Å². The minimum Gasteiger partial charge on any atom is -0.506 e. The third-order valence-corrected chi connectivity index (χ3v) is 2.79. The summed E-state index contributed by atoms with van der Waals surface area (Å²) in [5, 5.41) is 13.0. The summed E-state index contributed by atoms with van der Waals surface area (Å²) in [5.74, 6) is -0.274. The Hall–Kier alpha value is -1.81. The number of hydrogen-bond acceptors (Lipinski definition) is 3. The number of benzene rings is 1. The standard InChI is InChI=1S/C13H12ClFN2O/c1-8-2-5-13(18)12(17-8)7-16-11-6-9(15)3-4-10(11)14/h2-6,16,18H,7H2,1H3. The van der Waals surface area contributed by atoms with Crippen LogP contribution in [-0.4, -0.2) is 10.1 Å². The first-order valence-corrected chi connectivity index (χ1v) is 5.78. The summed E-state index contributed by atoms with van der Waals surface area (Å²) in [4.78, 5) is 4.19. The van der Waals surface area contributed by atoms with Crippen LogP contribution in [0.15, 0.2) is 30.3 Å². The molecule has 94 valence electrons. The van der Waals surface area contributed by atoms with Crippen molar-refractivity contribution in [3.63, 3.8) is 0 Å². The van der Waals surface area contributed by atoms with Crippen LogP contribution in [0.1, 0.15) is 11.4 Å². The molecule has 0 bridgehead atoms. The van der Waals surface area contributed by atoms with Gasteiger partial charge in [0.05, 0.1) is 17.3 Å². The Labute approximate surface area is 109 Å². The van der Waals surface area contributed by atoms with E-state index in [0.717, 1.165) is 5.69 Å². The number of nitrogens with one attached hydrogen (secondary N) is 1. The zero-order chi connectivity index (χ0) is 13.1. The van der Waals surface area contributed by atoms with Crippen molar-refractivity contribution in [2.75, 3.05) is 5.32 Å². The molecule has 2 N–H and O–H groups in total. The second-order valence-electron chi connectivity index (χ2n) is 3.90. The van der Waals surface area contributed by atoms with Crippen molar-refractivity contribution in [3.8, 4) is 5.75 Å². The topological polar surface area (TPSA) is 45.1 Å². The number of pyridine rings is 1. The number of halogens is 2. The molecular weight excluding hydrogens is 255 g/mol. The minimum atomic E-state index is -0.372. The van der Waals surface area contributed by atoms with Gasteiger partial charge >= 0.3 is 0 Å². The Morgan fingerprint density at radius 2 is 2.11 bits per heavy atom. The van der Waals surface area contributed by atoms with E-state index in [4.69, 9.17) is 11.6 Å². The smallest absolute Gasteiger partial charge is 0.138 e. The lowest BCUT2D eigenvalue weighted by atomic mass is 10.2. The number of aromatic hydroxyl groups is 1. The van der Waals surface area contributed by atoms with E-state index >= 15 is 0 Å². The van der Waals surface area contributed by atoms with Crippen LogP contribution in [0.5, 0.6) is 5.75 Å². The van der Waals surface area contributed by atoms with Gasteiger partial charge in [-0.25, -0.2) is 4.39 Å². The molecule has 0 saturated heterocycles. The number of nitrogens with zero attached hydrogens (tertiary/aromatic N) is 1. The highest BCUT2D eigenvalue weighted by Gasteiger charge is 2.06. The Kier molecular flexibility index (Phi) is 3.67. The average Bonchev–Trinajstić information content (AvgIpc) is 2.34. The van der Waals surface area contributed by atoms with E-state index in [0.29, 0.717) is 16.4 Å². The summed E-state index contributed by atoms with van der Waals surface area (Å²) in [6, 6.07) is 7.36. The molecule has 18 heavy (non-hydrogen) atoms. The van der Waals surface area contributed by atoms with Gasteiger partial charge in [0.25, 0.3) is 0 Å². The first-order chi connectivity index (χ1) is 8.56. The van der Waals surface area contributed by atoms with Crippen molar-refractivity contribution in [1.82, 2.24) is 4.98 Å². The van der Waals surface area contributed by atoms with Crippen molar-refractivity contribution >= 4 is 17.3 Å². The van der Waals surface area contributed by atoms with Gasteiger partial charge < -0.3 is 10.4 Å². The van der Waals surface area contributed by atoms with E-state index in [-0.39, 0.29) is 18.1 Å². The fourth-order valence-electron chi connectivity index (χ4n) is 1.55. The normalized spacial score (nSPS) is 10.4. The summed E-state index contributed by atoms with van der Waals surface area (Å²) in [6.07, 6.45) is 0. The Morgan fingerprint density at radius 3 is 2.89 bits per heavy atom. The second kappa shape index (κ2) is 5.23. The van der Waals surface area contributed by atoms with Gasteiger partial charge in [-0.3, -0.25) is 4.98 Å². The van der Waals surface area contributed by atoms with Crippen LogP contribution >= 0.6 is 11.6 Å². The van der Waals surface area contributed by atoms with Crippen molar-refractivity contribution < 1.29 is 9.50 Å². The summed E-state index contributed by atoms with van der Waals surface area (Å²) in [7, 11) is 0. The maximum Gasteiger partial charge on any atom is 0.138 e. The van der Waals surface area contributed by atoms with Crippen LogP contribution < -0.4 is 5.32 Å². The summed E-state index contributed by atoms with van der Waals surface area (Å²) in [6.45, 7) is 2.11. The monoisotopic (exact) mass is 266 g/mol. The maximum atomic E-state index is 13.1. The zero-order valence-corrected chi connectivity index (χ0v) is 10.5. The molecule has 0 radical (unpaired) electrons. The second-order valence-corrected chi connectivity index (χ2v) is 4.30. The molecular formula is C13H12ClFN2O. The molecule has 1 heterocycles. The quantitative estimate of drug-likeness (QED) is 0.894. The molecule has 0 saturated carbocycles. The van der Waals surface area contributed by atoms with Crippen molar-refractivity contribution in [1.29, 1.82) is 0 Å². The lowest BCUT2D eigenvalue weighted by molar-refractivity contribution is 0.464. The summed E-state index contributed by atoms with van der Waals surface area (Å²) < 4.78 is 13.1. The van der Waals surface area contributed by atoms with Crippen LogP contribution in [0.25, 0.3) is 0 Å². The highest BCUT2D eigenvalue weighted by Crippen LogP contribution is 2.24. The number of anilines is 1. The SMILES string of the molecule is Cc1ccc(O)c(CNc2cc(F)ccc2Cl)n1. The molecule has 0 unspecified atom stereocenters. The zero-order valence-electron chi connectivity index (χ0n) is 9.74. The molecule has 0 atom stereocenters. The van der Waals surface area contributed by atoms with Crippen LogP contribution in [-0.2, 0) is 6.54 Å². The van der Waals surface area contributed by atoms with E-state index in [1.54, 1.807) is 12.1 Å². The van der Waals surface area contributed by atoms with E-state index < -0.39 is 0 Å². The van der Waals surface area contributed by atoms with Gasteiger partial charge in [-0.2, -0.15) is 0 Å². The van der Waals surface area contributed by atoms with Crippen LogP contribution in [0.2, 0.25) is 5.02 Å². The Morgan fingerprint density at radius 1 is 1.33 bits per heavy atom. The molecule has 2 aromatic rings. The molecule has 0 aliphatic carbocycles. The highest BCUT2D eigenvalue weighted by atomic mass is 35.5. The molecule has 0 spiro atoms. The van der Waals surface area contributed by atoms with Crippen LogP contribution in [0.4, 0.5) is 10.1 Å². The first-order valence-electron chi connectivity index (χ1n) is 5.40. The maximum absolute atomic E-state index is 13.1. The van der Waals surface area contributed by atoms with Gasteiger partial charge in [0, 0.05) is 5.69 Å². The molecule has 1 aromatic heterocycles. The van der Waals surface area contributed by atoms with Crippen molar-refractivity contribution in [2.45, 2.75) is 13.5 Å². The molecule has 2 rings (SSSR count). The third kappa shape index (κ3) is 2.90. The molecule has 3 nitrogen and oxygen atoms in total. The first kappa shape index (κ1) is 12.6. The predicted octanol–water partition coefficient (Wildman–Crippen LogP) is 3.50. The van der Waals surface area contributed by atoms with Crippen molar-refractivity contribution in [2.24, 2.45) is 0 Å². The van der Waals surface area contributed by atoms with E-state index in [1.165, 1.54) is 18.2 Å². The van der Waals surface area contributed by atoms with Gasteiger partial charge in [0.1, 0.15) is 17.3 Å². The van der Waals surface area contributed by atoms with Crippen LogP contribution in [0.3, 0.4) is 0 Å². The summed E-state index contributed by atoms with van der Waals surface area (Å²) in [5.41, 5.74) is 1.77. The average molecular weight is 267 g/mol. The highest BCUT2D eigenvalue weighted by molar-refractivity contribution is 6.33. The van der Waals surface area contributed by atoms with Crippen molar-refractivity contribution in [3.05, 3.63) is 52.6 Å². The van der Waals surface area contributed by atoms with Gasteiger partial charge in [0.15, 0.2) is 0 Å². The number of aromatic nitrogens is 1. The Balaban J connectivity index is 2.16.